The van der Waals surface area contributed by atoms with Gasteiger partial charge in [-0.15, -0.1) is 0 Å². The van der Waals surface area contributed by atoms with Crippen molar-refractivity contribution in [3.8, 4) is 89.5 Å². The Balaban J connectivity index is 0.907. The summed E-state index contributed by atoms with van der Waals surface area (Å²) in [7, 11) is 0. The van der Waals surface area contributed by atoms with Gasteiger partial charge in [0.15, 0.2) is 5.82 Å². The second-order valence-corrected chi connectivity index (χ2v) is 16.1. The molecule has 0 bridgehead atoms. The highest BCUT2D eigenvalue weighted by molar-refractivity contribution is 5.96. The smallest absolute Gasteiger partial charge is 0.160 e. The zero-order valence-corrected chi connectivity index (χ0v) is 33.3. The molecule has 0 N–H and O–H groups in total. The van der Waals surface area contributed by atoms with Crippen LogP contribution in [0.1, 0.15) is 22.3 Å². The average Bonchev–Trinajstić information content (AvgIpc) is 3.82. The molecule has 12 rings (SSSR count). The van der Waals surface area contributed by atoms with Gasteiger partial charge in [-0.3, -0.25) is 0 Å². The molecule has 9 aromatic carbocycles. The van der Waals surface area contributed by atoms with E-state index in [-0.39, 0.29) is 5.41 Å². The molecule has 0 radical (unpaired) electrons. The zero-order valence-electron chi connectivity index (χ0n) is 33.3. The second-order valence-electron chi connectivity index (χ2n) is 16.1. The molecule has 0 amide bonds. The Hall–Kier alpha value is -7.94. The van der Waals surface area contributed by atoms with Gasteiger partial charge in [-0.25, -0.2) is 9.97 Å². The number of nitrogens with zero attached hydrogens (tertiary/aromatic N) is 2. The largest absolute Gasteiger partial charge is 0.228 e. The summed E-state index contributed by atoms with van der Waals surface area (Å²) < 4.78 is 0. The predicted octanol–water partition coefficient (Wildman–Crippen LogP) is 14.8. The monoisotopic (exact) mass is 774 g/mol. The Morgan fingerprint density at radius 3 is 1.16 bits per heavy atom. The van der Waals surface area contributed by atoms with Crippen molar-refractivity contribution in [3.63, 3.8) is 0 Å². The Morgan fingerprint density at radius 2 is 0.590 bits per heavy atom. The molecule has 2 aliphatic carbocycles. The van der Waals surface area contributed by atoms with Gasteiger partial charge in [-0.1, -0.05) is 212 Å². The normalized spacial score (nSPS) is 12.7. The minimum atomic E-state index is -0.367. The molecule has 1 spiro atoms. The van der Waals surface area contributed by atoms with Crippen molar-refractivity contribution in [2.24, 2.45) is 0 Å². The second kappa shape index (κ2) is 14.1. The topological polar surface area (TPSA) is 25.8 Å². The lowest BCUT2D eigenvalue weighted by atomic mass is 9.70. The van der Waals surface area contributed by atoms with E-state index in [2.05, 4.69) is 218 Å². The molecule has 0 saturated carbocycles. The molecule has 10 aromatic rings. The summed E-state index contributed by atoms with van der Waals surface area (Å²) in [6.07, 6.45) is 0. The Bertz CT molecular complexity index is 3210. The molecule has 1 heterocycles. The van der Waals surface area contributed by atoms with Crippen molar-refractivity contribution < 1.29 is 0 Å². The SMILES string of the molecule is c1ccc(-c2ccc(-c3cc(-c4ccccc4)nc(-c4ccc(-c5cccc(-c6ccc7c(c6)C6(c8ccccc8-c8ccccc86)c6ccccc6-7)c5)cc4)n3)cc2)cc1. The summed E-state index contributed by atoms with van der Waals surface area (Å²) in [5.41, 5.74) is 22.3. The molecule has 61 heavy (non-hydrogen) atoms. The first kappa shape index (κ1) is 35.0. The highest BCUT2D eigenvalue weighted by Crippen LogP contribution is 2.63. The van der Waals surface area contributed by atoms with Crippen LogP contribution in [0.25, 0.3) is 89.5 Å². The highest BCUT2D eigenvalue weighted by atomic mass is 14.9. The maximum atomic E-state index is 5.15. The molecule has 2 heteroatoms. The van der Waals surface area contributed by atoms with Gasteiger partial charge >= 0.3 is 0 Å². The van der Waals surface area contributed by atoms with Crippen LogP contribution in [0.2, 0.25) is 0 Å². The molecular weight excluding hydrogens is 737 g/mol. The van der Waals surface area contributed by atoms with E-state index in [0.717, 1.165) is 39.2 Å². The summed E-state index contributed by atoms with van der Waals surface area (Å²) in [4.78, 5) is 10.3. The van der Waals surface area contributed by atoms with Crippen molar-refractivity contribution >= 4 is 0 Å². The van der Waals surface area contributed by atoms with Crippen molar-refractivity contribution in [3.05, 3.63) is 253 Å². The van der Waals surface area contributed by atoms with E-state index in [4.69, 9.17) is 9.97 Å². The number of hydrogen-bond acceptors (Lipinski definition) is 2. The van der Waals surface area contributed by atoms with E-state index in [1.54, 1.807) is 0 Å². The fraction of sp³-hybridized carbons (Fsp3) is 0.0169. The Morgan fingerprint density at radius 1 is 0.230 bits per heavy atom. The van der Waals surface area contributed by atoms with E-state index in [9.17, 15) is 0 Å². The third-order valence-electron chi connectivity index (χ3n) is 12.8. The summed E-state index contributed by atoms with van der Waals surface area (Å²) in [6.45, 7) is 0. The summed E-state index contributed by atoms with van der Waals surface area (Å²) in [5.74, 6) is 0.701. The van der Waals surface area contributed by atoms with Gasteiger partial charge in [0, 0.05) is 16.7 Å². The van der Waals surface area contributed by atoms with Crippen LogP contribution in [-0.2, 0) is 5.41 Å². The van der Waals surface area contributed by atoms with Crippen LogP contribution < -0.4 is 0 Å². The minimum absolute atomic E-state index is 0.367. The van der Waals surface area contributed by atoms with E-state index < -0.39 is 0 Å². The molecule has 0 aliphatic heterocycles. The number of hydrogen-bond donors (Lipinski definition) is 0. The maximum Gasteiger partial charge on any atom is 0.160 e. The van der Waals surface area contributed by atoms with Crippen molar-refractivity contribution in [2.75, 3.05) is 0 Å². The van der Waals surface area contributed by atoms with Crippen LogP contribution in [0.4, 0.5) is 0 Å². The summed E-state index contributed by atoms with van der Waals surface area (Å²) in [6, 6.07) is 83.3. The number of aromatic nitrogens is 2. The molecule has 1 aromatic heterocycles. The molecule has 0 fully saturated rings. The van der Waals surface area contributed by atoms with Gasteiger partial charge in [0.25, 0.3) is 0 Å². The molecule has 0 unspecified atom stereocenters. The van der Waals surface area contributed by atoms with Crippen LogP contribution in [0.15, 0.2) is 231 Å². The van der Waals surface area contributed by atoms with E-state index in [1.807, 2.05) is 12.1 Å². The van der Waals surface area contributed by atoms with E-state index >= 15 is 0 Å². The molecule has 2 aliphatic rings. The van der Waals surface area contributed by atoms with Gasteiger partial charge in [0.2, 0.25) is 0 Å². The first-order valence-electron chi connectivity index (χ1n) is 21.0. The van der Waals surface area contributed by atoms with Crippen LogP contribution in [0, 0.1) is 0 Å². The molecule has 0 atom stereocenters. The van der Waals surface area contributed by atoms with Crippen LogP contribution in [0.5, 0.6) is 0 Å². The lowest BCUT2D eigenvalue weighted by Crippen LogP contribution is -2.25. The van der Waals surface area contributed by atoms with Crippen molar-refractivity contribution in [1.29, 1.82) is 0 Å². The van der Waals surface area contributed by atoms with Crippen LogP contribution in [-0.4, -0.2) is 9.97 Å². The van der Waals surface area contributed by atoms with Crippen molar-refractivity contribution in [1.82, 2.24) is 9.97 Å². The summed E-state index contributed by atoms with van der Waals surface area (Å²) in [5, 5.41) is 0. The van der Waals surface area contributed by atoms with Gasteiger partial charge < -0.3 is 0 Å². The fourth-order valence-electron chi connectivity index (χ4n) is 9.91. The average molecular weight is 775 g/mol. The maximum absolute atomic E-state index is 5.15. The number of rotatable bonds is 6. The molecule has 284 valence electrons. The quantitative estimate of drug-likeness (QED) is 0.168. The van der Waals surface area contributed by atoms with Crippen LogP contribution in [0.3, 0.4) is 0 Å². The third-order valence-corrected chi connectivity index (χ3v) is 12.8. The minimum Gasteiger partial charge on any atom is -0.228 e. The van der Waals surface area contributed by atoms with Gasteiger partial charge in [-0.2, -0.15) is 0 Å². The zero-order chi connectivity index (χ0) is 40.3. The molecule has 0 saturated heterocycles. The molecule has 2 nitrogen and oxygen atoms in total. The lowest BCUT2D eigenvalue weighted by Gasteiger charge is -2.30. The predicted molar refractivity (Wildman–Crippen MR) is 251 cm³/mol. The Labute approximate surface area is 356 Å². The first-order valence-corrected chi connectivity index (χ1v) is 21.0. The van der Waals surface area contributed by atoms with Crippen LogP contribution >= 0.6 is 0 Å². The van der Waals surface area contributed by atoms with Crippen molar-refractivity contribution in [2.45, 2.75) is 5.41 Å². The standard InChI is InChI=1S/C59H38N2/c1-3-14-39(15-4-1)40-26-30-43(31-27-40)57-38-56(42-16-5-2-6-17-42)60-58(61-57)44-32-28-41(29-33-44)45-18-13-19-46(36-45)47-34-35-51-50-22-9-12-25-54(50)59(55(51)37-47)52-23-10-7-20-48(52)49-21-8-11-24-53(49)59/h1-38H. The fourth-order valence-corrected chi connectivity index (χ4v) is 9.91. The highest BCUT2D eigenvalue weighted by Gasteiger charge is 2.51. The number of benzene rings is 9. The third kappa shape index (κ3) is 5.64. The van der Waals surface area contributed by atoms with Gasteiger partial charge in [-0.05, 0) is 96.1 Å². The van der Waals surface area contributed by atoms with Gasteiger partial charge in [0.1, 0.15) is 0 Å². The van der Waals surface area contributed by atoms with E-state index in [0.29, 0.717) is 5.82 Å². The van der Waals surface area contributed by atoms with E-state index in [1.165, 1.54) is 66.8 Å². The number of fused-ring (bicyclic) bond motifs is 10. The lowest BCUT2D eigenvalue weighted by molar-refractivity contribution is 0.794. The Kier molecular flexibility index (Phi) is 8.11. The first-order chi connectivity index (χ1) is 30.2. The van der Waals surface area contributed by atoms with Gasteiger partial charge in [0.05, 0.1) is 16.8 Å². The molecular formula is C59H38N2. The summed E-state index contributed by atoms with van der Waals surface area (Å²) >= 11 is 0.